The van der Waals surface area contributed by atoms with Crippen molar-refractivity contribution in [2.24, 2.45) is 0 Å². The Labute approximate surface area is 146 Å². The first-order valence-electron chi connectivity index (χ1n) is 8.65. The molecule has 0 aliphatic carbocycles. The number of benzene rings is 1. The van der Waals surface area contributed by atoms with Crippen LogP contribution in [0.15, 0.2) is 40.8 Å². The number of amides is 1. The molecule has 1 aromatic carbocycles. The zero-order valence-electron chi connectivity index (χ0n) is 14.2. The highest BCUT2D eigenvalue weighted by Gasteiger charge is 2.29. The summed E-state index contributed by atoms with van der Waals surface area (Å²) in [4.78, 5) is 14.6. The van der Waals surface area contributed by atoms with Gasteiger partial charge in [-0.25, -0.2) is 0 Å². The summed E-state index contributed by atoms with van der Waals surface area (Å²) in [6.45, 7) is 3.80. The maximum absolute atomic E-state index is 12.6. The smallest absolute Gasteiger partial charge is 0.247 e. The first kappa shape index (κ1) is 15.8. The third kappa shape index (κ3) is 3.27. The van der Waals surface area contributed by atoms with E-state index in [1.807, 2.05) is 42.2 Å². The van der Waals surface area contributed by atoms with Gasteiger partial charge in [-0.05, 0) is 55.7 Å². The molecular weight excluding hydrogens is 318 g/mol. The molecule has 3 heterocycles. The minimum absolute atomic E-state index is 0.00596. The van der Waals surface area contributed by atoms with Crippen LogP contribution in [0, 0.1) is 6.92 Å². The van der Waals surface area contributed by atoms with E-state index in [0.29, 0.717) is 19.0 Å². The topological polar surface area (TPSA) is 51.9 Å². The number of furan rings is 1. The molecule has 0 bridgehead atoms. The molecule has 1 amide bonds. The van der Waals surface area contributed by atoms with Gasteiger partial charge in [0.2, 0.25) is 5.91 Å². The van der Waals surface area contributed by atoms with Crippen molar-refractivity contribution in [3.05, 3.63) is 53.5 Å². The molecule has 1 atom stereocenters. The van der Waals surface area contributed by atoms with Gasteiger partial charge in [-0.15, -0.1) is 0 Å². The fourth-order valence-electron chi connectivity index (χ4n) is 3.44. The number of hydrogen-bond acceptors (Lipinski definition) is 4. The quantitative estimate of drug-likeness (QED) is 0.800. The maximum atomic E-state index is 12.6. The Morgan fingerprint density at radius 1 is 1.16 bits per heavy atom. The van der Waals surface area contributed by atoms with Gasteiger partial charge in [-0.3, -0.25) is 4.79 Å². The summed E-state index contributed by atoms with van der Waals surface area (Å²) in [7, 11) is 0. The normalized spacial score (nSPS) is 19.6. The lowest BCUT2D eigenvalue weighted by Gasteiger charge is -2.26. The Hall–Kier alpha value is -2.69. The van der Waals surface area contributed by atoms with Gasteiger partial charge in [0.25, 0.3) is 0 Å². The summed E-state index contributed by atoms with van der Waals surface area (Å²) < 4.78 is 16.7. The molecule has 0 radical (unpaired) electrons. The van der Waals surface area contributed by atoms with Crippen molar-refractivity contribution in [3.8, 4) is 11.5 Å². The average molecular weight is 339 g/mol. The van der Waals surface area contributed by atoms with E-state index < -0.39 is 0 Å². The number of fused-ring (bicyclic) bond motifs is 1. The average Bonchev–Trinajstić information content (AvgIpc) is 3.28. The zero-order chi connectivity index (χ0) is 17.2. The number of hydrogen-bond donors (Lipinski definition) is 0. The van der Waals surface area contributed by atoms with E-state index in [1.165, 1.54) is 0 Å². The second-order valence-electron chi connectivity index (χ2n) is 6.37. The lowest BCUT2D eigenvalue weighted by Crippen LogP contribution is -2.29. The number of carbonyl (C=O) groups excluding carboxylic acids is 1. The molecule has 5 heteroatoms. The van der Waals surface area contributed by atoms with Crippen molar-refractivity contribution in [2.75, 3.05) is 19.8 Å². The van der Waals surface area contributed by atoms with E-state index in [1.54, 1.807) is 12.2 Å². The zero-order valence-corrected chi connectivity index (χ0v) is 14.2. The van der Waals surface area contributed by atoms with Crippen LogP contribution in [0.25, 0.3) is 6.08 Å². The lowest BCUT2D eigenvalue weighted by molar-refractivity contribution is -0.126. The summed E-state index contributed by atoms with van der Waals surface area (Å²) >= 11 is 0. The molecule has 5 nitrogen and oxygen atoms in total. The first-order valence-corrected chi connectivity index (χ1v) is 8.65. The molecule has 2 aliphatic rings. The second-order valence-corrected chi connectivity index (χ2v) is 6.37. The molecule has 0 N–H and O–H groups in total. The number of aryl methyl sites for hydroxylation is 1. The Morgan fingerprint density at radius 3 is 2.80 bits per heavy atom. The van der Waals surface area contributed by atoms with Crippen molar-refractivity contribution in [1.82, 2.24) is 4.90 Å². The lowest BCUT2D eigenvalue weighted by atomic mass is 10.0. The van der Waals surface area contributed by atoms with Crippen molar-refractivity contribution in [1.29, 1.82) is 0 Å². The second kappa shape index (κ2) is 6.67. The van der Waals surface area contributed by atoms with E-state index in [2.05, 4.69) is 0 Å². The summed E-state index contributed by atoms with van der Waals surface area (Å²) in [5.41, 5.74) is 1.09. The molecule has 2 aromatic rings. The van der Waals surface area contributed by atoms with E-state index in [0.717, 1.165) is 42.2 Å². The Bertz CT molecular complexity index is 808. The van der Waals surface area contributed by atoms with Crippen molar-refractivity contribution in [3.63, 3.8) is 0 Å². The van der Waals surface area contributed by atoms with Gasteiger partial charge in [0.1, 0.15) is 24.7 Å². The molecule has 1 aromatic heterocycles. The van der Waals surface area contributed by atoms with Gasteiger partial charge in [0, 0.05) is 12.6 Å². The van der Waals surface area contributed by atoms with Crippen LogP contribution in [0.2, 0.25) is 0 Å². The number of ether oxygens (including phenoxy) is 2. The maximum Gasteiger partial charge on any atom is 0.247 e. The molecule has 1 unspecified atom stereocenters. The minimum atomic E-state index is 0.00596. The van der Waals surface area contributed by atoms with E-state index in [4.69, 9.17) is 13.9 Å². The van der Waals surface area contributed by atoms with Gasteiger partial charge >= 0.3 is 0 Å². The number of carbonyl (C=O) groups is 1. The number of rotatable bonds is 3. The predicted octanol–water partition coefficient (Wildman–Crippen LogP) is 3.74. The largest absolute Gasteiger partial charge is 0.486 e. The fourth-order valence-corrected chi connectivity index (χ4v) is 3.44. The van der Waals surface area contributed by atoms with E-state index in [9.17, 15) is 4.79 Å². The molecule has 0 spiro atoms. The molecule has 4 rings (SSSR count). The molecule has 25 heavy (non-hydrogen) atoms. The van der Waals surface area contributed by atoms with Gasteiger partial charge < -0.3 is 18.8 Å². The van der Waals surface area contributed by atoms with Gasteiger partial charge in [-0.2, -0.15) is 0 Å². The standard InChI is InChI=1S/C20H21NO4/c1-14-4-6-16(25-14)7-9-20(22)21-10-2-3-17(21)15-5-8-18-19(13-15)24-12-11-23-18/h4-9,13,17H,2-3,10-12H2,1H3. The summed E-state index contributed by atoms with van der Waals surface area (Å²) in [6, 6.07) is 9.80. The summed E-state index contributed by atoms with van der Waals surface area (Å²) in [5, 5.41) is 0. The molecule has 130 valence electrons. The highest BCUT2D eigenvalue weighted by molar-refractivity contribution is 5.92. The Morgan fingerprint density at radius 2 is 2.00 bits per heavy atom. The molecule has 1 fully saturated rings. The highest BCUT2D eigenvalue weighted by atomic mass is 16.6. The van der Waals surface area contributed by atoms with Crippen LogP contribution >= 0.6 is 0 Å². The highest BCUT2D eigenvalue weighted by Crippen LogP contribution is 2.38. The fraction of sp³-hybridized carbons (Fsp3) is 0.350. The third-order valence-corrected chi connectivity index (χ3v) is 4.64. The molecule has 0 saturated carbocycles. The minimum Gasteiger partial charge on any atom is -0.486 e. The van der Waals surface area contributed by atoms with Crippen LogP contribution in [-0.2, 0) is 4.79 Å². The molecule has 2 aliphatic heterocycles. The van der Waals surface area contributed by atoms with Gasteiger partial charge in [-0.1, -0.05) is 6.07 Å². The van der Waals surface area contributed by atoms with Crippen LogP contribution in [0.3, 0.4) is 0 Å². The Kier molecular flexibility index (Phi) is 4.22. The SMILES string of the molecule is Cc1ccc(C=CC(=O)N2CCCC2c2ccc3c(c2)OCCO3)o1. The van der Waals surface area contributed by atoms with Crippen LogP contribution in [0.4, 0.5) is 0 Å². The number of likely N-dealkylation sites (tertiary alicyclic amines) is 1. The first-order chi connectivity index (χ1) is 12.2. The van der Waals surface area contributed by atoms with Gasteiger partial charge in [0.15, 0.2) is 11.5 Å². The Balaban J connectivity index is 1.52. The molecule has 1 saturated heterocycles. The van der Waals surface area contributed by atoms with Crippen LogP contribution in [-0.4, -0.2) is 30.6 Å². The van der Waals surface area contributed by atoms with Crippen LogP contribution in [0.5, 0.6) is 11.5 Å². The summed E-state index contributed by atoms with van der Waals surface area (Å²) in [6.07, 6.45) is 5.28. The van der Waals surface area contributed by atoms with E-state index >= 15 is 0 Å². The summed E-state index contributed by atoms with van der Waals surface area (Å²) in [5.74, 6) is 3.08. The van der Waals surface area contributed by atoms with Crippen molar-refractivity contribution >= 4 is 12.0 Å². The van der Waals surface area contributed by atoms with Crippen molar-refractivity contribution in [2.45, 2.75) is 25.8 Å². The van der Waals surface area contributed by atoms with Gasteiger partial charge in [0.05, 0.1) is 6.04 Å². The van der Waals surface area contributed by atoms with Crippen molar-refractivity contribution < 1.29 is 18.7 Å². The number of nitrogens with zero attached hydrogens (tertiary/aromatic N) is 1. The van der Waals surface area contributed by atoms with Crippen LogP contribution < -0.4 is 9.47 Å². The molecular formula is C20H21NO4. The van der Waals surface area contributed by atoms with E-state index in [-0.39, 0.29) is 11.9 Å². The van der Waals surface area contributed by atoms with Crippen LogP contribution in [0.1, 0.15) is 36.0 Å². The predicted molar refractivity (Wildman–Crippen MR) is 93.6 cm³/mol. The monoisotopic (exact) mass is 339 g/mol. The third-order valence-electron chi connectivity index (χ3n) is 4.64.